The Bertz CT molecular complexity index is 1100. The van der Waals surface area contributed by atoms with E-state index >= 15 is 0 Å². The van der Waals surface area contributed by atoms with Crippen molar-refractivity contribution >= 4 is 11.6 Å². The van der Waals surface area contributed by atoms with Gasteiger partial charge in [-0.15, -0.1) is 5.10 Å². The summed E-state index contributed by atoms with van der Waals surface area (Å²) in [6.07, 6.45) is -4.46. The molecule has 3 rings (SSSR count). The number of rotatable bonds is 4. The highest BCUT2D eigenvalue weighted by Crippen LogP contribution is 2.29. The second kappa shape index (κ2) is 7.53. The van der Waals surface area contributed by atoms with Crippen molar-refractivity contribution in [2.75, 3.05) is 5.32 Å². The summed E-state index contributed by atoms with van der Waals surface area (Å²) in [7, 11) is 0. The van der Waals surface area contributed by atoms with Crippen molar-refractivity contribution in [2.24, 2.45) is 0 Å². The molecule has 152 valence electrons. The molecule has 1 amide bonds. The standard InChI is InChI=1S/C19H18F3N5O2/c1-11-10-12(2)26(24-11)16-8-9-17(28)27(25-16)13(3)18(29)23-15-6-4-14(5-7-15)19(20,21)22/h4-10,13H,1-3H3,(H,23,29). The average molecular weight is 405 g/mol. The van der Waals surface area contributed by atoms with E-state index in [0.29, 0.717) is 5.82 Å². The Morgan fingerprint density at radius 2 is 1.72 bits per heavy atom. The maximum atomic E-state index is 12.6. The molecule has 0 aliphatic carbocycles. The van der Waals surface area contributed by atoms with E-state index in [0.717, 1.165) is 40.3 Å². The molecule has 10 heteroatoms. The van der Waals surface area contributed by atoms with Crippen molar-refractivity contribution in [1.82, 2.24) is 19.6 Å². The quantitative estimate of drug-likeness (QED) is 0.722. The van der Waals surface area contributed by atoms with Crippen LogP contribution in [0.4, 0.5) is 18.9 Å². The predicted octanol–water partition coefficient (Wildman–Crippen LogP) is 3.26. The second-order valence-electron chi connectivity index (χ2n) is 6.55. The van der Waals surface area contributed by atoms with Crippen LogP contribution in [0.15, 0.2) is 47.3 Å². The van der Waals surface area contributed by atoms with Crippen molar-refractivity contribution in [1.29, 1.82) is 0 Å². The predicted molar refractivity (Wildman–Crippen MR) is 99.9 cm³/mol. The molecule has 29 heavy (non-hydrogen) atoms. The number of alkyl halides is 3. The lowest BCUT2D eigenvalue weighted by atomic mass is 10.2. The zero-order valence-electron chi connectivity index (χ0n) is 15.9. The van der Waals surface area contributed by atoms with Gasteiger partial charge in [0.2, 0.25) is 5.91 Å². The Morgan fingerprint density at radius 1 is 1.07 bits per heavy atom. The van der Waals surface area contributed by atoms with Gasteiger partial charge >= 0.3 is 6.18 Å². The molecule has 2 heterocycles. The summed E-state index contributed by atoms with van der Waals surface area (Å²) in [6, 6.07) is 7.66. The first kappa shape index (κ1) is 20.3. The number of halogens is 3. The second-order valence-corrected chi connectivity index (χ2v) is 6.55. The highest BCUT2D eigenvalue weighted by atomic mass is 19.4. The van der Waals surface area contributed by atoms with E-state index in [2.05, 4.69) is 15.5 Å². The summed E-state index contributed by atoms with van der Waals surface area (Å²) in [4.78, 5) is 24.7. The minimum absolute atomic E-state index is 0.178. The molecule has 1 atom stereocenters. The number of nitrogens with one attached hydrogen (secondary N) is 1. The normalized spacial score (nSPS) is 12.6. The number of carbonyl (C=O) groups excluding carboxylic acids is 1. The minimum Gasteiger partial charge on any atom is -0.324 e. The Balaban J connectivity index is 1.83. The van der Waals surface area contributed by atoms with Crippen molar-refractivity contribution in [3.8, 4) is 5.82 Å². The fourth-order valence-electron chi connectivity index (χ4n) is 2.77. The van der Waals surface area contributed by atoms with Crippen LogP contribution in [0.1, 0.15) is 29.9 Å². The highest BCUT2D eigenvalue weighted by molar-refractivity contribution is 5.93. The molecule has 1 unspecified atom stereocenters. The highest BCUT2D eigenvalue weighted by Gasteiger charge is 2.30. The Morgan fingerprint density at radius 3 is 2.28 bits per heavy atom. The Labute approximate surface area is 163 Å². The molecular formula is C19H18F3N5O2. The summed E-state index contributed by atoms with van der Waals surface area (Å²) in [5.74, 6) is -0.228. The Hall–Kier alpha value is -3.43. The lowest BCUT2D eigenvalue weighted by molar-refractivity contribution is -0.137. The minimum atomic E-state index is -4.46. The lowest BCUT2D eigenvalue weighted by Crippen LogP contribution is -2.33. The van der Waals surface area contributed by atoms with E-state index in [4.69, 9.17) is 0 Å². The van der Waals surface area contributed by atoms with Crippen LogP contribution in [-0.4, -0.2) is 25.5 Å². The van der Waals surface area contributed by atoms with Crippen LogP contribution in [0.3, 0.4) is 0 Å². The molecule has 0 bridgehead atoms. The number of nitrogens with zero attached hydrogens (tertiary/aromatic N) is 4. The number of anilines is 1. The summed E-state index contributed by atoms with van der Waals surface area (Å²) in [5.41, 5.74) is 0.444. The first-order chi connectivity index (χ1) is 13.6. The van der Waals surface area contributed by atoms with Crippen molar-refractivity contribution in [3.63, 3.8) is 0 Å². The van der Waals surface area contributed by atoms with Gasteiger partial charge in [0.15, 0.2) is 5.82 Å². The third kappa shape index (κ3) is 4.36. The number of hydrogen-bond acceptors (Lipinski definition) is 4. The van der Waals surface area contributed by atoms with Gasteiger partial charge < -0.3 is 5.32 Å². The lowest BCUT2D eigenvalue weighted by Gasteiger charge is -2.15. The number of aryl methyl sites for hydroxylation is 2. The number of hydrogen-bond donors (Lipinski definition) is 1. The van der Waals surface area contributed by atoms with Crippen LogP contribution in [0.2, 0.25) is 0 Å². The number of amides is 1. The summed E-state index contributed by atoms with van der Waals surface area (Å²) < 4.78 is 40.5. The monoisotopic (exact) mass is 405 g/mol. The van der Waals surface area contributed by atoms with Crippen LogP contribution >= 0.6 is 0 Å². The maximum absolute atomic E-state index is 12.6. The first-order valence-electron chi connectivity index (χ1n) is 8.68. The van der Waals surface area contributed by atoms with Crippen molar-refractivity contribution in [2.45, 2.75) is 33.0 Å². The number of carbonyl (C=O) groups is 1. The molecule has 0 aliphatic heterocycles. The smallest absolute Gasteiger partial charge is 0.324 e. The summed E-state index contributed by atoms with van der Waals surface area (Å²) in [5, 5.41) is 11.0. The average Bonchev–Trinajstić information content (AvgIpc) is 2.99. The van der Waals surface area contributed by atoms with Crippen molar-refractivity contribution in [3.05, 3.63) is 69.8 Å². The molecule has 1 N–H and O–H groups in total. The molecule has 0 radical (unpaired) electrons. The molecule has 1 aromatic carbocycles. The molecule has 0 saturated carbocycles. The topological polar surface area (TPSA) is 81.8 Å². The van der Waals surface area contributed by atoms with Gasteiger partial charge in [-0.05, 0) is 57.2 Å². The molecule has 7 nitrogen and oxygen atoms in total. The van der Waals surface area contributed by atoms with E-state index < -0.39 is 29.2 Å². The molecule has 0 fully saturated rings. The maximum Gasteiger partial charge on any atom is 0.416 e. The van der Waals surface area contributed by atoms with E-state index in [1.54, 1.807) is 4.68 Å². The number of aromatic nitrogens is 4. The fraction of sp³-hybridized carbons (Fsp3) is 0.263. The molecule has 2 aromatic heterocycles. The SMILES string of the molecule is Cc1cc(C)n(-c2ccc(=O)n(C(C)C(=O)Nc3ccc(C(F)(F)F)cc3)n2)n1. The van der Waals surface area contributed by atoms with E-state index in [9.17, 15) is 22.8 Å². The summed E-state index contributed by atoms with van der Waals surface area (Å²) in [6.45, 7) is 5.12. The third-order valence-electron chi connectivity index (χ3n) is 4.26. The molecule has 3 aromatic rings. The van der Waals surface area contributed by atoms with Gasteiger partial charge in [0, 0.05) is 17.4 Å². The van der Waals surface area contributed by atoms with E-state index in [-0.39, 0.29) is 5.69 Å². The van der Waals surface area contributed by atoms with Gasteiger partial charge in [-0.3, -0.25) is 9.59 Å². The van der Waals surface area contributed by atoms with Gasteiger partial charge in [0.05, 0.1) is 11.3 Å². The van der Waals surface area contributed by atoms with Gasteiger partial charge in [-0.25, -0.2) is 9.36 Å². The molecule has 0 saturated heterocycles. The molecular weight excluding hydrogens is 387 g/mol. The van der Waals surface area contributed by atoms with Crippen LogP contribution in [0, 0.1) is 13.8 Å². The van der Waals surface area contributed by atoms with Crippen LogP contribution in [0.5, 0.6) is 0 Å². The number of benzene rings is 1. The fourth-order valence-corrected chi connectivity index (χ4v) is 2.77. The zero-order valence-corrected chi connectivity index (χ0v) is 15.9. The zero-order chi connectivity index (χ0) is 21.3. The summed E-state index contributed by atoms with van der Waals surface area (Å²) >= 11 is 0. The molecule has 0 aliphatic rings. The van der Waals surface area contributed by atoms with E-state index in [1.165, 1.54) is 19.1 Å². The van der Waals surface area contributed by atoms with Crippen LogP contribution < -0.4 is 10.9 Å². The van der Waals surface area contributed by atoms with Gasteiger partial charge in [0.1, 0.15) is 6.04 Å². The van der Waals surface area contributed by atoms with E-state index in [1.807, 2.05) is 19.9 Å². The molecule has 0 spiro atoms. The van der Waals surface area contributed by atoms with Gasteiger partial charge in [0.25, 0.3) is 5.56 Å². The van der Waals surface area contributed by atoms with Crippen molar-refractivity contribution < 1.29 is 18.0 Å². The third-order valence-corrected chi connectivity index (χ3v) is 4.26. The van der Waals surface area contributed by atoms with Crippen LogP contribution in [0.25, 0.3) is 5.82 Å². The first-order valence-corrected chi connectivity index (χ1v) is 8.68. The van der Waals surface area contributed by atoms with Gasteiger partial charge in [-0.1, -0.05) is 0 Å². The van der Waals surface area contributed by atoms with Gasteiger partial charge in [-0.2, -0.15) is 18.3 Å². The van der Waals surface area contributed by atoms with Crippen LogP contribution in [-0.2, 0) is 11.0 Å². The Kier molecular flexibility index (Phi) is 5.27. The largest absolute Gasteiger partial charge is 0.416 e.